The zero-order chi connectivity index (χ0) is 11.5. The molecule has 0 fully saturated rings. The van der Waals surface area contributed by atoms with Gasteiger partial charge in [-0.15, -0.1) is 0 Å². The Labute approximate surface area is 84.1 Å². The second-order valence-corrected chi connectivity index (χ2v) is 2.94. The van der Waals surface area contributed by atoms with Crippen molar-refractivity contribution in [3.8, 4) is 0 Å². The number of rotatable bonds is 3. The summed E-state index contributed by atoms with van der Waals surface area (Å²) in [6.45, 7) is 0.491. The SMILES string of the molecule is CCC(=O)Nc1cnn(CC(F)(F)F)c1. The Morgan fingerprint density at radius 1 is 1.60 bits per heavy atom. The van der Waals surface area contributed by atoms with Gasteiger partial charge in [0.05, 0.1) is 11.9 Å². The highest BCUT2D eigenvalue weighted by molar-refractivity contribution is 5.90. The van der Waals surface area contributed by atoms with E-state index < -0.39 is 12.7 Å². The lowest BCUT2D eigenvalue weighted by molar-refractivity contribution is -0.142. The molecule has 0 unspecified atom stereocenters. The number of alkyl halides is 3. The molecule has 1 aromatic rings. The first kappa shape index (κ1) is 11.5. The van der Waals surface area contributed by atoms with Crippen LogP contribution in [0, 0.1) is 0 Å². The van der Waals surface area contributed by atoms with Crippen LogP contribution in [-0.4, -0.2) is 21.9 Å². The monoisotopic (exact) mass is 221 g/mol. The molecule has 7 heteroatoms. The van der Waals surface area contributed by atoms with Crippen LogP contribution in [0.4, 0.5) is 18.9 Å². The quantitative estimate of drug-likeness (QED) is 0.845. The normalized spacial score (nSPS) is 11.5. The van der Waals surface area contributed by atoms with E-state index in [0.717, 1.165) is 10.9 Å². The van der Waals surface area contributed by atoms with Gasteiger partial charge in [0.25, 0.3) is 0 Å². The van der Waals surface area contributed by atoms with E-state index in [1.165, 1.54) is 6.20 Å². The smallest absolute Gasteiger partial charge is 0.323 e. The first-order chi connectivity index (χ1) is 6.90. The summed E-state index contributed by atoms with van der Waals surface area (Å²) in [7, 11) is 0. The highest BCUT2D eigenvalue weighted by Gasteiger charge is 2.28. The van der Waals surface area contributed by atoms with Gasteiger partial charge in [0.2, 0.25) is 5.91 Å². The van der Waals surface area contributed by atoms with Crippen LogP contribution in [0.3, 0.4) is 0 Å². The Morgan fingerprint density at radius 2 is 2.27 bits per heavy atom. The number of carbonyl (C=O) groups excluding carboxylic acids is 1. The standard InChI is InChI=1S/C8H10F3N3O/c1-2-7(15)13-6-3-12-14(4-6)5-8(9,10)11/h3-4H,2,5H2,1H3,(H,13,15). The van der Waals surface area contributed by atoms with Crippen molar-refractivity contribution in [2.75, 3.05) is 5.32 Å². The summed E-state index contributed by atoms with van der Waals surface area (Å²) in [6, 6.07) is 0. The number of nitrogens with one attached hydrogen (secondary N) is 1. The highest BCUT2D eigenvalue weighted by atomic mass is 19.4. The summed E-state index contributed by atoms with van der Waals surface area (Å²) in [5.74, 6) is -0.262. The fourth-order valence-electron chi connectivity index (χ4n) is 0.948. The summed E-state index contributed by atoms with van der Waals surface area (Å²) in [4.78, 5) is 10.9. The topological polar surface area (TPSA) is 46.9 Å². The molecule has 0 aromatic carbocycles. The van der Waals surface area contributed by atoms with Gasteiger partial charge in [-0.05, 0) is 0 Å². The van der Waals surface area contributed by atoms with E-state index in [-0.39, 0.29) is 18.0 Å². The summed E-state index contributed by atoms with van der Waals surface area (Å²) in [6.07, 6.45) is -1.72. The first-order valence-electron chi connectivity index (χ1n) is 4.30. The number of nitrogens with zero attached hydrogens (tertiary/aromatic N) is 2. The van der Waals surface area contributed by atoms with Crippen molar-refractivity contribution in [1.82, 2.24) is 9.78 Å². The fraction of sp³-hybridized carbons (Fsp3) is 0.500. The Kier molecular flexibility index (Phi) is 3.33. The molecule has 15 heavy (non-hydrogen) atoms. The van der Waals surface area contributed by atoms with Crippen LogP contribution in [0.25, 0.3) is 0 Å². The zero-order valence-electron chi connectivity index (χ0n) is 8.01. The zero-order valence-corrected chi connectivity index (χ0v) is 8.01. The van der Waals surface area contributed by atoms with Crippen molar-refractivity contribution in [2.24, 2.45) is 0 Å². The molecule has 1 aromatic heterocycles. The van der Waals surface area contributed by atoms with Crippen LogP contribution in [0.2, 0.25) is 0 Å². The van der Waals surface area contributed by atoms with Crippen LogP contribution < -0.4 is 5.32 Å². The molecule has 0 radical (unpaired) electrons. The van der Waals surface area contributed by atoms with Gasteiger partial charge in [0, 0.05) is 12.6 Å². The van der Waals surface area contributed by atoms with Crippen molar-refractivity contribution < 1.29 is 18.0 Å². The van der Waals surface area contributed by atoms with E-state index in [4.69, 9.17) is 0 Å². The largest absolute Gasteiger partial charge is 0.408 e. The molecule has 0 saturated heterocycles. The number of hydrogen-bond acceptors (Lipinski definition) is 2. The van der Waals surface area contributed by atoms with E-state index in [9.17, 15) is 18.0 Å². The van der Waals surface area contributed by atoms with Gasteiger partial charge < -0.3 is 5.32 Å². The predicted molar refractivity (Wildman–Crippen MR) is 47.2 cm³/mol. The van der Waals surface area contributed by atoms with Crippen molar-refractivity contribution in [1.29, 1.82) is 0 Å². The molecule has 0 aliphatic carbocycles. The molecule has 0 aliphatic heterocycles. The number of carbonyl (C=O) groups is 1. The van der Waals surface area contributed by atoms with Crippen LogP contribution in [-0.2, 0) is 11.3 Å². The van der Waals surface area contributed by atoms with Crippen molar-refractivity contribution in [3.63, 3.8) is 0 Å². The summed E-state index contributed by atoms with van der Waals surface area (Å²) in [5, 5.41) is 5.88. The lowest BCUT2D eigenvalue weighted by Crippen LogP contribution is -2.17. The number of hydrogen-bond donors (Lipinski definition) is 1. The van der Waals surface area contributed by atoms with E-state index in [1.54, 1.807) is 6.92 Å². The molecule has 1 amide bonds. The molecule has 0 bridgehead atoms. The van der Waals surface area contributed by atoms with Gasteiger partial charge in [-0.25, -0.2) is 0 Å². The third-order valence-electron chi connectivity index (χ3n) is 1.58. The lowest BCUT2D eigenvalue weighted by Gasteiger charge is -2.05. The third kappa shape index (κ3) is 4.01. The minimum absolute atomic E-state index is 0.262. The van der Waals surface area contributed by atoms with Gasteiger partial charge in [-0.1, -0.05) is 6.92 Å². The maximum atomic E-state index is 11.9. The van der Waals surface area contributed by atoms with Crippen molar-refractivity contribution in [3.05, 3.63) is 12.4 Å². The molecule has 1 heterocycles. The van der Waals surface area contributed by atoms with Crippen LogP contribution in [0.1, 0.15) is 13.3 Å². The lowest BCUT2D eigenvalue weighted by atomic mass is 10.4. The van der Waals surface area contributed by atoms with E-state index in [1.807, 2.05) is 0 Å². The molecular formula is C8H10F3N3O. The molecule has 1 N–H and O–H groups in total. The Hall–Kier alpha value is -1.53. The predicted octanol–water partition coefficient (Wildman–Crippen LogP) is 1.79. The second-order valence-electron chi connectivity index (χ2n) is 2.94. The maximum Gasteiger partial charge on any atom is 0.408 e. The second kappa shape index (κ2) is 4.33. The number of halogens is 3. The average Bonchev–Trinajstić information content (AvgIpc) is 2.49. The van der Waals surface area contributed by atoms with Crippen LogP contribution in [0.15, 0.2) is 12.4 Å². The van der Waals surface area contributed by atoms with Crippen molar-refractivity contribution in [2.45, 2.75) is 26.1 Å². The number of amides is 1. The maximum absolute atomic E-state index is 11.9. The van der Waals surface area contributed by atoms with Crippen LogP contribution in [0.5, 0.6) is 0 Å². The average molecular weight is 221 g/mol. The summed E-state index contributed by atoms with van der Waals surface area (Å²) < 4.78 is 36.5. The molecule has 0 spiro atoms. The summed E-state index contributed by atoms with van der Waals surface area (Å²) >= 11 is 0. The minimum Gasteiger partial charge on any atom is -0.323 e. The Bertz CT molecular complexity index is 345. The first-order valence-corrected chi connectivity index (χ1v) is 4.30. The fourth-order valence-corrected chi connectivity index (χ4v) is 0.948. The molecule has 0 atom stereocenters. The minimum atomic E-state index is -4.31. The van der Waals surface area contributed by atoms with Gasteiger partial charge in [0.15, 0.2) is 0 Å². The van der Waals surface area contributed by atoms with Gasteiger partial charge in [-0.3, -0.25) is 9.48 Å². The van der Waals surface area contributed by atoms with E-state index in [0.29, 0.717) is 0 Å². The van der Waals surface area contributed by atoms with Gasteiger partial charge in [0.1, 0.15) is 6.54 Å². The van der Waals surface area contributed by atoms with Crippen LogP contribution >= 0.6 is 0 Å². The summed E-state index contributed by atoms with van der Waals surface area (Å²) in [5.41, 5.74) is 0.270. The molecule has 84 valence electrons. The number of aromatic nitrogens is 2. The Balaban J connectivity index is 2.60. The molecule has 1 rings (SSSR count). The highest BCUT2D eigenvalue weighted by Crippen LogP contribution is 2.17. The number of anilines is 1. The van der Waals surface area contributed by atoms with E-state index >= 15 is 0 Å². The molecule has 0 aliphatic rings. The van der Waals surface area contributed by atoms with Gasteiger partial charge >= 0.3 is 6.18 Å². The molecule has 4 nitrogen and oxygen atoms in total. The Morgan fingerprint density at radius 3 is 2.80 bits per heavy atom. The molecular weight excluding hydrogens is 211 g/mol. The molecule has 0 saturated carbocycles. The van der Waals surface area contributed by atoms with E-state index in [2.05, 4.69) is 10.4 Å². The van der Waals surface area contributed by atoms with Gasteiger partial charge in [-0.2, -0.15) is 18.3 Å². The van der Waals surface area contributed by atoms with Crippen molar-refractivity contribution >= 4 is 11.6 Å². The third-order valence-corrected chi connectivity index (χ3v) is 1.58.